The van der Waals surface area contributed by atoms with Gasteiger partial charge in [0.25, 0.3) is 0 Å². The van der Waals surface area contributed by atoms with Crippen molar-refractivity contribution in [2.24, 2.45) is 0 Å². The summed E-state index contributed by atoms with van der Waals surface area (Å²) in [7, 11) is 0. The molecule has 0 aliphatic rings. The van der Waals surface area contributed by atoms with E-state index in [4.69, 9.17) is 11.6 Å². The molecule has 7 aromatic rings. The van der Waals surface area contributed by atoms with Crippen LogP contribution in [-0.4, -0.2) is 29.9 Å². The van der Waals surface area contributed by atoms with E-state index in [1.54, 1.807) is 37.2 Å². The van der Waals surface area contributed by atoms with Crippen molar-refractivity contribution >= 4 is 33.4 Å². The zero-order chi connectivity index (χ0) is 26.7. The van der Waals surface area contributed by atoms with Gasteiger partial charge in [0.05, 0.1) is 38.8 Å². The van der Waals surface area contributed by atoms with Crippen molar-refractivity contribution < 1.29 is 19.5 Å². The molecule has 0 spiro atoms. The second kappa shape index (κ2) is 14.6. The summed E-state index contributed by atoms with van der Waals surface area (Å²) in [5.74, 6) is 0. The SMILES string of the molecule is Clc1cc2cccnc2c2ncccc12.[Ru].c1ccc(-c2ccccn2)nc1.c1ccc(-c2ccccn2)nc1. The predicted molar refractivity (Wildman–Crippen MR) is 157 cm³/mol. The predicted octanol–water partition coefficient (Wildman–Crippen LogP) is 7.72. The van der Waals surface area contributed by atoms with Crippen LogP contribution < -0.4 is 0 Å². The average Bonchev–Trinajstić information content (AvgIpc) is 3.04. The van der Waals surface area contributed by atoms with E-state index in [0.717, 1.165) is 49.6 Å². The number of aromatic nitrogens is 6. The van der Waals surface area contributed by atoms with Gasteiger partial charge in [0.1, 0.15) is 0 Å². The first-order valence-corrected chi connectivity index (χ1v) is 12.6. The fourth-order valence-corrected chi connectivity index (χ4v) is 4.06. The maximum atomic E-state index is 6.17. The summed E-state index contributed by atoms with van der Waals surface area (Å²) in [6.07, 6.45) is 10.6. The van der Waals surface area contributed by atoms with Crippen LogP contribution in [0, 0.1) is 0 Å². The summed E-state index contributed by atoms with van der Waals surface area (Å²) in [5, 5.41) is 2.69. The first-order valence-electron chi connectivity index (χ1n) is 12.2. The van der Waals surface area contributed by atoms with Gasteiger partial charge in [-0.3, -0.25) is 29.9 Å². The Bertz CT molecular complexity index is 1610. The summed E-state index contributed by atoms with van der Waals surface area (Å²) >= 11 is 6.17. The van der Waals surface area contributed by atoms with Crippen LogP contribution in [0.4, 0.5) is 0 Å². The molecule has 0 N–H and O–H groups in total. The largest absolute Gasteiger partial charge is 0.255 e. The molecule has 1 aromatic carbocycles. The molecule has 0 aliphatic heterocycles. The Kier molecular flexibility index (Phi) is 10.5. The van der Waals surface area contributed by atoms with Crippen LogP contribution in [0.15, 0.2) is 140 Å². The van der Waals surface area contributed by atoms with Crippen molar-refractivity contribution in [3.8, 4) is 22.8 Å². The zero-order valence-electron chi connectivity index (χ0n) is 21.2. The van der Waals surface area contributed by atoms with E-state index < -0.39 is 0 Å². The second-order valence-corrected chi connectivity index (χ2v) is 8.60. The number of rotatable bonds is 2. The Morgan fingerprint density at radius 3 is 1.23 bits per heavy atom. The minimum absolute atomic E-state index is 0. The van der Waals surface area contributed by atoms with Crippen molar-refractivity contribution in [1.82, 2.24) is 29.9 Å². The molecule has 7 rings (SSSR count). The van der Waals surface area contributed by atoms with Crippen LogP contribution in [0.25, 0.3) is 44.6 Å². The van der Waals surface area contributed by atoms with Crippen molar-refractivity contribution in [3.63, 3.8) is 0 Å². The van der Waals surface area contributed by atoms with Crippen LogP contribution in [0.2, 0.25) is 5.02 Å². The molecule has 0 amide bonds. The summed E-state index contributed by atoms with van der Waals surface area (Å²) in [5.41, 5.74) is 5.42. The summed E-state index contributed by atoms with van der Waals surface area (Å²) < 4.78 is 0. The topological polar surface area (TPSA) is 77.3 Å². The molecular weight excluding hydrogens is 605 g/mol. The molecule has 0 bridgehead atoms. The van der Waals surface area contributed by atoms with Crippen LogP contribution >= 0.6 is 11.6 Å². The van der Waals surface area contributed by atoms with Crippen molar-refractivity contribution in [2.45, 2.75) is 0 Å². The number of nitrogens with zero attached hydrogens (tertiary/aromatic N) is 6. The molecule has 0 atom stereocenters. The standard InChI is InChI=1S/C12H7ClN2.2C10H8N2.Ru/c13-10-7-8-3-1-5-14-11(8)12-9(10)4-2-6-15-12;2*1-3-7-11-9(5-1)10-6-2-4-8-12-10;/h1-7H;2*1-8H;. The van der Waals surface area contributed by atoms with Crippen molar-refractivity contribution in [2.75, 3.05) is 0 Å². The Morgan fingerprint density at radius 1 is 0.400 bits per heavy atom. The third-order valence-corrected chi connectivity index (χ3v) is 5.91. The third-order valence-electron chi connectivity index (χ3n) is 5.59. The van der Waals surface area contributed by atoms with Gasteiger partial charge in [0.2, 0.25) is 0 Å². The van der Waals surface area contributed by atoms with Crippen molar-refractivity contribution in [3.05, 3.63) is 145 Å². The van der Waals surface area contributed by atoms with Crippen LogP contribution in [0.3, 0.4) is 0 Å². The smallest absolute Gasteiger partial charge is 0.0979 e. The fourth-order valence-electron chi connectivity index (χ4n) is 3.79. The quantitative estimate of drug-likeness (QED) is 0.144. The monoisotopic (exact) mass is 628 g/mol. The maximum absolute atomic E-state index is 6.17. The number of pyridine rings is 6. The van der Waals surface area contributed by atoms with Gasteiger partial charge in [0.15, 0.2) is 0 Å². The second-order valence-electron chi connectivity index (χ2n) is 8.19. The first-order chi connectivity index (χ1) is 19.3. The van der Waals surface area contributed by atoms with Crippen LogP contribution in [-0.2, 0) is 19.5 Å². The van der Waals surface area contributed by atoms with Gasteiger partial charge in [-0.25, -0.2) is 0 Å². The maximum Gasteiger partial charge on any atom is 0.0979 e. The minimum Gasteiger partial charge on any atom is -0.255 e. The number of hydrogen-bond acceptors (Lipinski definition) is 6. The zero-order valence-corrected chi connectivity index (χ0v) is 23.7. The third kappa shape index (κ3) is 7.35. The molecule has 0 aliphatic carbocycles. The molecule has 6 aromatic heterocycles. The van der Waals surface area contributed by atoms with Gasteiger partial charge in [-0.05, 0) is 72.8 Å². The molecular formula is C32H23ClN6Ru. The average molecular weight is 628 g/mol. The Labute approximate surface area is 250 Å². The van der Waals surface area contributed by atoms with Gasteiger partial charge in [-0.1, -0.05) is 41.9 Å². The van der Waals surface area contributed by atoms with Gasteiger partial charge >= 0.3 is 0 Å². The van der Waals surface area contributed by atoms with Crippen molar-refractivity contribution in [1.29, 1.82) is 0 Å². The summed E-state index contributed by atoms with van der Waals surface area (Å²) in [4.78, 5) is 25.4. The minimum atomic E-state index is 0. The number of fused-ring (bicyclic) bond motifs is 3. The molecule has 0 unspecified atom stereocenters. The molecule has 0 radical (unpaired) electrons. The van der Waals surface area contributed by atoms with E-state index in [1.807, 2.05) is 103 Å². The van der Waals surface area contributed by atoms with Gasteiger partial charge in [0, 0.05) is 67.4 Å². The normalized spacial score (nSPS) is 9.93. The molecule has 0 fully saturated rings. The molecule has 40 heavy (non-hydrogen) atoms. The number of halogens is 1. The molecule has 196 valence electrons. The van der Waals surface area contributed by atoms with E-state index in [-0.39, 0.29) is 19.5 Å². The molecule has 0 saturated carbocycles. The van der Waals surface area contributed by atoms with Crippen LogP contribution in [0.1, 0.15) is 0 Å². The van der Waals surface area contributed by atoms with E-state index in [2.05, 4.69) is 29.9 Å². The molecule has 0 saturated heterocycles. The van der Waals surface area contributed by atoms with Gasteiger partial charge < -0.3 is 0 Å². The van der Waals surface area contributed by atoms with Gasteiger partial charge in [-0.15, -0.1) is 0 Å². The fraction of sp³-hybridized carbons (Fsp3) is 0. The number of hydrogen-bond donors (Lipinski definition) is 0. The van der Waals surface area contributed by atoms with E-state index in [1.165, 1.54) is 0 Å². The van der Waals surface area contributed by atoms with E-state index in [9.17, 15) is 0 Å². The number of benzene rings is 1. The van der Waals surface area contributed by atoms with E-state index in [0.29, 0.717) is 0 Å². The Morgan fingerprint density at radius 2 is 0.800 bits per heavy atom. The molecule has 6 heterocycles. The van der Waals surface area contributed by atoms with E-state index >= 15 is 0 Å². The Balaban J connectivity index is 0.000000138. The first kappa shape index (κ1) is 28.6. The summed E-state index contributed by atoms with van der Waals surface area (Å²) in [6.45, 7) is 0. The Hall–Kier alpha value is -4.45. The molecule has 6 nitrogen and oxygen atoms in total. The molecule has 8 heteroatoms. The summed E-state index contributed by atoms with van der Waals surface area (Å²) in [6, 6.07) is 32.8. The van der Waals surface area contributed by atoms with Crippen LogP contribution in [0.5, 0.6) is 0 Å². The van der Waals surface area contributed by atoms with Gasteiger partial charge in [-0.2, -0.15) is 0 Å².